The van der Waals surface area contributed by atoms with Gasteiger partial charge in [0.25, 0.3) is 5.91 Å². The number of alkyl halides is 3. The first-order valence-corrected chi connectivity index (χ1v) is 19.5. The average molecular weight is 839 g/mol. The zero-order chi connectivity index (χ0) is 41.9. The number of ether oxygens (including phenoxy) is 1. The Morgan fingerprint density at radius 1 is 1.03 bits per heavy atom. The van der Waals surface area contributed by atoms with E-state index >= 15 is 0 Å². The highest BCUT2D eigenvalue weighted by atomic mass is 35.5. The summed E-state index contributed by atoms with van der Waals surface area (Å²) in [5.74, 6) is -0.784. The molecule has 306 valence electrons. The number of amides is 4. The highest BCUT2D eigenvalue weighted by Crippen LogP contribution is 2.40. The molecule has 3 aromatic carbocycles. The van der Waals surface area contributed by atoms with Gasteiger partial charge in [-0.2, -0.15) is 18.4 Å². The van der Waals surface area contributed by atoms with Gasteiger partial charge in [-0.15, -0.1) is 0 Å². The highest BCUT2D eigenvalue weighted by molar-refractivity contribution is 7.81. The molecule has 3 saturated heterocycles. The maximum Gasteiger partial charge on any atom is 0.417 e. The van der Waals surface area contributed by atoms with Gasteiger partial charge in [0.15, 0.2) is 5.11 Å². The average Bonchev–Trinajstić information content (AvgIpc) is 3.36. The lowest BCUT2D eigenvalue weighted by Gasteiger charge is -2.34. The number of hydrogen-bond donors (Lipinski definition) is 3. The van der Waals surface area contributed by atoms with Crippen molar-refractivity contribution in [2.75, 3.05) is 66.3 Å². The Hall–Kier alpha value is -5.28. The second-order valence-corrected chi connectivity index (χ2v) is 15.4. The van der Waals surface area contributed by atoms with Gasteiger partial charge in [-0.1, -0.05) is 18.5 Å². The van der Waals surface area contributed by atoms with Crippen LogP contribution in [0, 0.1) is 11.3 Å². The van der Waals surface area contributed by atoms with Crippen molar-refractivity contribution in [3.05, 3.63) is 76.3 Å². The van der Waals surface area contributed by atoms with Gasteiger partial charge in [0.1, 0.15) is 23.9 Å². The Kier molecular flexibility index (Phi) is 12.6. The summed E-state index contributed by atoms with van der Waals surface area (Å²) < 4.78 is 47.5. The number of rotatable bonds is 12. The van der Waals surface area contributed by atoms with Gasteiger partial charge in [0, 0.05) is 50.5 Å². The van der Waals surface area contributed by atoms with E-state index in [9.17, 15) is 37.6 Å². The highest BCUT2D eigenvalue weighted by Gasteiger charge is 2.51. The summed E-state index contributed by atoms with van der Waals surface area (Å²) in [5.41, 5.74) is -0.569. The molecule has 3 aliphatic rings. The van der Waals surface area contributed by atoms with E-state index in [1.165, 1.54) is 6.07 Å². The van der Waals surface area contributed by atoms with Crippen LogP contribution in [0.25, 0.3) is 0 Å². The van der Waals surface area contributed by atoms with Crippen LogP contribution in [0.5, 0.6) is 5.75 Å². The summed E-state index contributed by atoms with van der Waals surface area (Å²) in [7, 11) is 0. The van der Waals surface area contributed by atoms with Crippen molar-refractivity contribution in [1.82, 2.24) is 15.1 Å². The summed E-state index contributed by atoms with van der Waals surface area (Å²) in [6.45, 7) is 9.24. The quantitative estimate of drug-likeness (QED) is 0.156. The molecule has 6 rings (SSSR count). The van der Waals surface area contributed by atoms with Crippen molar-refractivity contribution < 1.29 is 37.1 Å². The Bertz CT molecular complexity index is 2170. The summed E-state index contributed by atoms with van der Waals surface area (Å²) in [6, 6.07) is 14.5. The van der Waals surface area contributed by atoms with Gasteiger partial charge in [-0.05, 0) is 99.1 Å². The largest absolute Gasteiger partial charge is 0.492 e. The Morgan fingerprint density at radius 3 is 2.41 bits per heavy atom. The molecule has 3 fully saturated rings. The van der Waals surface area contributed by atoms with Crippen molar-refractivity contribution in [2.45, 2.75) is 57.8 Å². The third-order valence-corrected chi connectivity index (χ3v) is 11.1. The summed E-state index contributed by atoms with van der Waals surface area (Å²) in [5, 5.41) is 17.9. The minimum Gasteiger partial charge on any atom is -0.492 e. The first kappa shape index (κ1) is 42.3. The molecule has 13 nitrogen and oxygen atoms in total. The SMILES string of the molecule is CCc1cc(N2C(=S)N(c3ccc(C#N)c(C(F)(F)F)c3)C(=O)C2(C)C)ccc1OCCN1CCN(CC(=O)Nc2cc(NC3CCC(=O)NC3=O)ccc2Cl)CC1. The van der Waals surface area contributed by atoms with Crippen molar-refractivity contribution in [3.63, 3.8) is 0 Å². The van der Waals surface area contributed by atoms with Crippen molar-refractivity contribution in [2.24, 2.45) is 0 Å². The number of aryl methyl sites for hydroxylation is 1. The second kappa shape index (κ2) is 17.3. The number of benzene rings is 3. The molecule has 0 aromatic heterocycles. The fourth-order valence-corrected chi connectivity index (χ4v) is 7.86. The molecule has 1 unspecified atom stereocenters. The van der Waals surface area contributed by atoms with Gasteiger partial charge in [-0.3, -0.25) is 39.2 Å². The van der Waals surface area contributed by atoms with Gasteiger partial charge < -0.3 is 20.3 Å². The lowest BCUT2D eigenvalue weighted by molar-refractivity contribution is -0.138. The van der Waals surface area contributed by atoms with Crippen LogP contribution in [0.3, 0.4) is 0 Å². The Morgan fingerprint density at radius 2 is 1.74 bits per heavy atom. The van der Waals surface area contributed by atoms with Crippen LogP contribution in [-0.2, 0) is 31.8 Å². The monoisotopic (exact) mass is 838 g/mol. The minimum atomic E-state index is -4.80. The van der Waals surface area contributed by atoms with Gasteiger partial charge in [0.05, 0.1) is 40.1 Å². The van der Waals surface area contributed by atoms with Gasteiger partial charge >= 0.3 is 6.18 Å². The van der Waals surface area contributed by atoms with E-state index in [2.05, 4.69) is 20.9 Å². The lowest BCUT2D eigenvalue weighted by atomic mass is 10.0. The van der Waals surface area contributed by atoms with E-state index in [1.54, 1.807) is 55.1 Å². The third-order valence-electron chi connectivity index (χ3n) is 10.4. The van der Waals surface area contributed by atoms with E-state index in [-0.39, 0.29) is 35.6 Å². The lowest BCUT2D eigenvalue weighted by Crippen LogP contribution is -2.49. The first-order valence-electron chi connectivity index (χ1n) is 18.7. The number of imide groups is 1. The molecule has 3 N–H and O–H groups in total. The molecule has 18 heteroatoms. The van der Waals surface area contributed by atoms with Gasteiger partial charge in [0.2, 0.25) is 17.7 Å². The predicted octanol–water partition coefficient (Wildman–Crippen LogP) is 5.56. The maximum absolute atomic E-state index is 13.8. The van der Waals surface area contributed by atoms with Crippen LogP contribution in [0.2, 0.25) is 5.02 Å². The van der Waals surface area contributed by atoms with Crippen molar-refractivity contribution >= 4 is 75.3 Å². The van der Waals surface area contributed by atoms with Crippen LogP contribution in [0.15, 0.2) is 54.6 Å². The molecule has 0 radical (unpaired) electrons. The molecule has 0 aliphatic carbocycles. The zero-order valence-electron chi connectivity index (χ0n) is 32.0. The molecule has 4 amide bonds. The van der Waals surface area contributed by atoms with E-state index in [0.29, 0.717) is 66.9 Å². The Labute approximate surface area is 344 Å². The molecule has 0 bridgehead atoms. The fraction of sp³-hybridized carbons (Fsp3) is 0.400. The van der Waals surface area contributed by atoms with E-state index < -0.39 is 40.7 Å². The smallest absolute Gasteiger partial charge is 0.417 e. The predicted molar refractivity (Wildman–Crippen MR) is 217 cm³/mol. The summed E-state index contributed by atoms with van der Waals surface area (Å²) in [6.07, 6.45) is -3.60. The summed E-state index contributed by atoms with van der Waals surface area (Å²) in [4.78, 5) is 57.2. The van der Waals surface area contributed by atoms with E-state index in [4.69, 9.17) is 28.6 Å². The normalized spacial score (nSPS) is 18.9. The number of nitrogens with one attached hydrogen (secondary N) is 3. The first-order chi connectivity index (χ1) is 27.5. The number of halogens is 4. The number of piperazine rings is 1. The molecule has 58 heavy (non-hydrogen) atoms. The molecule has 3 heterocycles. The molecule has 3 aliphatic heterocycles. The molecule has 1 atom stereocenters. The summed E-state index contributed by atoms with van der Waals surface area (Å²) >= 11 is 12.1. The molecule has 0 saturated carbocycles. The second-order valence-electron chi connectivity index (χ2n) is 14.7. The van der Waals surface area contributed by atoms with Crippen LogP contribution < -0.4 is 30.5 Å². The zero-order valence-corrected chi connectivity index (χ0v) is 33.6. The third kappa shape index (κ3) is 9.20. The number of nitrogens with zero attached hydrogens (tertiary/aromatic N) is 5. The van der Waals surface area contributed by atoms with Gasteiger partial charge in [-0.25, -0.2) is 0 Å². The Balaban J connectivity index is 1.00. The van der Waals surface area contributed by atoms with E-state index in [0.717, 1.165) is 35.7 Å². The van der Waals surface area contributed by atoms with Crippen LogP contribution in [-0.4, -0.2) is 96.0 Å². The molecule has 3 aromatic rings. The fourth-order valence-electron chi connectivity index (χ4n) is 7.17. The maximum atomic E-state index is 13.8. The topological polar surface area (TPSA) is 150 Å². The van der Waals surface area contributed by atoms with Crippen LogP contribution >= 0.6 is 23.8 Å². The number of nitriles is 1. The number of thiocarbonyl (C=S) groups is 1. The number of carbonyl (C=O) groups is 4. The standard InChI is InChI=1S/C40H42ClF3N8O5S/c1-4-24-19-28(52-38(58)51(37(56)39(52,2)3)27-7-5-25(22-45)29(21-27)40(42,43)44)8-11-33(24)57-18-17-49-13-15-50(16-14-49)23-35(54)47-32-20-26(6-9-30(32)41)46-31-10-12-34(53)48-36(31)55/h5-9,11,19-21,31,46H,4,10,12-18,23H2,1-3H3,(H,47,54)(H,48,53,55). The minimum absolute atomic E-state index is 0.0116. The molecule has 0 spiro atoms. The van der Waals surface area contributed by atoms with E-state index in [1.807, 2.05) is 17.9 Å². The van der Waals surface area contributed by atoms with Crippen LogP contribution in [0.4, 0.5) is 35.9 Å². The molecular formula is C40H42ClF3N8O5S. The van der Waals surface area contributed by atoms with Crippen molar-refractivity contribution in [3.8, 4) is 11.8 Å². The number of piperidine rings is 1. The van der Waals surface area contributed by atoms with Crippen LogP contribution in [0.1, 0.15) is 50.3 Å². The molecular weight excluding hydrogens is 797 g/mol. The number of hydrogen-bond acceptors (Lipinski definition) is 10. The number of carbonyl (C=O) groups excluding carboxylic acids is 4. The number of anilines is 4. The van der Waals surface area contributed by atoms with Crippen molar-refractivity contribution in [1.29, 1.82) is 5.26 Å².